The van der Waals surface area contributed by atoms with Gasteiger partial charge in [0.05, 0.1) is 0 Å². The van der Waals surface area contributed by atoms with Crippen molar-refractivity contribution >= 4 is 11.8 Å². The van der Waals surface area contributed by atoms with Gasteiger partial charge in [-0.2, -0.15) is 8.78 Å². The van der Waals surface area contributed by atoms with Crippen LogP contribution in [0, 0.1) is 5.92 Å². The molecule has 0 aromatic rings. The van der Waals surface area contributed by atoms with E-state index in [1.165, 1.54) is 4.90 Å². The zero-order chi connectivity index (χ0) is 12.3. The minimum Gasteiger partial charge on any atom is -0.368 e. The van der Waals surface area contributed by atoms with Crippen molar-refractivity contribution in [3.8, 4) is 0 Å². The van der Waals surface area contributed by atoms with Crippen LogP contribution in [0.2, 0.25) is 0 Å². The van der Waals surface area contributed by atoms with Crippen molar-refractivity contribution in [3.05, 3.63) is 12.2 Å². The van der Waals surface area contributed by atoms with Crippen LogP contribution >= 0.6 is 0 Å². The smallest absolute Gasteiger partial charge is 0.266 e. The molecular formula is C10H14F2N2O2. The number of carbonyl (C=O) groups excluding carboxylic acids is 2. The van der Waals surface area contributed by atoms with Crippen molar-refractivity contribution in [2.75, 3.05) is 6.54 Å². The van der Waals surface area contributed by atoms with Gasteiger partial charge in [-0.05, 0) is 12.5 Å². The maximum Gasteiger partial charge on any atom is 0.266 e. The Balaban J connectivity index is 2.74. The van der Waals surface area contributed by atoms with E-state index in [0.29, 0.717) is 6.42 Å². The monoisotopic (exact) mass is 232 g/mol. The molecule has 6 heteroatoms. The van der Waals surface area contributed by atoms with E-state index in [2.05, 4.69) is 0 Å². The predicted molar refractivity (Wildman–Crippen MR) is 53.4 cm³/mol. The van der Waals surface area contributed by atoms with Crippen LogP contribution in [-0.2, 0) is 9.59 Å². The molecule has 1 rings (SSSR count). The van der Waals surface area contributed by atoms with E-state index in [-0.39, 0.29) is 18.9 Å². The van der Waals surface area contributed by atoms with Crippen molar-refractivity contribution in [2.24, 2.45) is 11.7 Å². The molecular weight excluding hydrogens is 218 g/mol. The number of likely N-dealkylation sites (tertiary alicyclic amines) is 1. The molecule has 0 spiro atoms. The molecule has 16 heavy (non-hydrogen) atoms. The molecule has 1 heterocycles. The van der Waals surface area contributed by atoms with Crippen LogP contribution in [0.1, 0.15) is 19.8 Å². The lowest BCUT2D eigenvalue weighted by molar-refractivity contribution is -0.136. The summed E-state index contributed by atoms with van der Waals surface area (Å²) < 4.78 is 24.0. The average Bonchev–Trinajstić information content (AvgIpc) is 2.46. The molecule has 0 aromatic carbocycles. The standard InChI is InChI=1S/C10H14F2N2O2/c1-2-7(10(13)16)14-5-6(3-8(11)12)4-9(14)15/h3,6-7H,2,4-5H2,1H3,(H2,13,16)/t6-,7-/m1/s1. The molecule has 1 saturated heterocycles. The topological polar surface area (TPSA) is 63.4 Å². The first-order valence-electron chi connectivity index (χ1n) is 5.07. The Bertz CT molecular complexity index is 327. The van der Waals surface area contributed by atoms with Crippen molar-refractivity contribution in [3.63, 3.8) is 0 Å². The van der Waals surface area contributed by atoms with Crippen LogP contribution in [0.15, 0.2) is 12.2 Å². The number of carbonyl (C=O) groups is 2. The van der Waals surface area contributed by atoms with E-state index in [1.807, 2.05) is 0 Å². The Labute approximate surface area is 92.1 Å². The minimum absolute atomic E-state index is 0.0150. The second-order valence-corrected chi connectivity index (χ2v) is 3.79. The summed E-state index contributed by atoms with van der Waals surface area (Å²) in [4.78, 5) is 23.9. The van der Waals surface area contributed by atoms with Gasteiger partial charge in [-0.1, -0.05) is 6.92 Å². The van der Waals surface area contributed by atoms with E-state index in [1.54, 1.807) is 6.92 Å². The van der Waals surface area contributed by atoms with Crippen LogP contribution in [-0.4, -0.2) is 29.3 Å². The summed E-state index contributed by atoms with van der Waals surface area (Å²) >= 11 is 0. The number of hydrogen-bond acceptors (Lipinski definition) is 2. The molecule has 1 aliphatic heterocycles. The zero-order valence-corrected chi connectivity index (χ0v) is 8.95. The summed E-state index contributed by atoms with van der Waals surface area (Å²) in [6.45, 7) is 1.86. The third-order valence-corrected chi connectivity index (χ3v) is 2.64. The van der Waals surface area contributed by atoms with Crippen LogP contribution in [0.25, 0.3) is 0 Å². The second-order valence-electron chi connectivity index (χ2n) is 3.79. The molecule has 1 fully saturated rings. The average molecular weight is 232 g/mol. The van der Waals surface area contributed by atoms with Crippen LogP contribution in [0.5, 0.6) is 0 Å². The summed E-state index contributed by atoms with van der Waals surface area (Å²) in [5.74, 6) is -1.42. The summed E-state index contributed by atoms with van der Waals surface area (Å²) in [6.07, 6.45) is -0.630. The summed E-state index contributed by atoms with van der Waals surface area (Å²) in [5, 5.41) is 0. The van der Waals surface area contributed by atoms with E-state index in [4.69, 9.17) is 5.73 Å². The molecule has 0 bridgehead atoms. The highest BCUT2D eigenvalue weighted by Gasteiger charge is 2.35. The number of nitrogens with two attached hydrogens (primary N) is 1. The molecule has 0 radical (unpaired) electrons. The molecule has 2 atom stereocenters. The Hall–Kier alpha value is -1.46. The number of rotatable bonds is 4. The lowest BCUT2D eigenvalue weighted by Crippen LogP contribution is -2.45. The van der Waals surface area contributed by atoms with Gasteiger partial charge in [0.15, 0.2) is 0 Å². The number of amides is 2. The summed E-state index contributed by atoms with van der Waals surface area (Å²) in [7, 11) is 0. The Morgan fingerprint density at radius 3 is 2.75 bits per heavy atom. The molecule has 2 N–H and O–H groups in total. The molecule has 0 aromatic heterocycles. The van der Waals surface area contributed by atoms with E-state index in [0.717, 1.165) is 6.08 Å². The van der Waals surface area contributed by atoms with E-state index >= 15 is 0 Å². The fraction of sp³-hybridized carbons (Fsp3) is 0.600. The maximum absolute atomic E-state index is 12.0. The number of nitrogens with zero attached hydrogens (tertiary/aromatic N) is 1. The van der Waals surface area contributed by atoms with Crippen LogP contribution in [0.3, 0.4) is 0 Å². The van der Waals surface area contributed by atoms with E-state index < -0.39 is 23.9 Å². The van der Waals surface area contributed by atoms with Crippen LogP contribution < -0.4 is 5.73 Å². The van der Waals surface area contributed by atoms with Gasteiger partial charge in [-0.3, -0.25) is 9.59 Å². The first-order chi connectivity index (χ1) is 7.45. The van der Waals surface area contributed by atoms with Gasteiger partial charge in [0.1, 0.15) is 6.04 Å². The number of hydrogen-bond donors (Lipinski definition) is 1. The van der Waals surface area contributed by atoms with Crippen molar-refractivity contribution in [1.82, 2.24) is 4.90 Å². The summed E-state index contributed by atoms with van der Waals surface area (Å²) in [5.41, 5.74) is 5.14. The molecule has 2 amide bonds. The molecule has 0 saturated carbocycles. The highest BCUT2D eigenvalue weighted by Crippen LogP contribution is 2.23. The lowest BCUT2D eigenvalue weighted by Gasteiger charge is -2.23. The molecule has 0 aliphatic carbocycles. The first kappa shape index (κ1) is 12.6. The van der Waals surface area contributed by atoms with Gasteiger partial charge >= 0.3 is 0 Å². The normalized spacial score (nSPS) is 22.1. The highest BCUT2D eigenvalue weighted by molar-refractivity contribution is 5.87. The third-order valence-electron chi connectivity index (χ3n) is 2.64. The zero-order valence-electron chi connectivity index (χ0n) is 8.95. The van der Waals surface area contributed by atoms with Gasteiger partial charge in [-0.15, -0.1) is 0 Å². The van der Waals surface area contributed by atoms with Gasteiger partial charge in [-0.25, -0.2) is 0 Å². The second kappa shape index (κ2) is 5.05. The first-order valence-corrected chi connectivity index (χ1v) is 5.07. The fourth-order valence-electron chi connectivity index (χ4n) is 1.93. The van der Waals surface area contributed by atoms with Gasteiger partial charge < -0.3 is 10.6 Å². The Morgan fingerprint density at radius 1 is 1.69 bits per heavy atom. The van der Waals surface area contributed by atoms with Gasteiger partial charge in [0.25, 0.3) is 6.08 Å². The number of halogens is 2. The fourth-order valence-corrected chi connectivity index (χ4v) is 1.93. The Morgan fingerprint density at radius 2 is 2.31 bits per heavy atom. The molecule has 90 valence electrons. The van der Waals surface area contributed by atoms with Gasteiger partial charge in [0.2, 0.25) is 11.8 Å². The third kappa shape index (κ3) is 2.77. The number of primary amides is 1. The highest BCUT2D eigenvalue weighted by atomic mass is 19.3. The molecule has 1 aliphatic rings. The van der Waals surface area contributed by atoms with Crippen molar-refractivity contribution in [2.45, 2.75) is 25.8 Å². The SMILES string of the molecule is CC[C@H](C(N)=O)N1C[C@H](C=C(F)F)CC1=O. The van der Waals surface area contributed by atoms with Gasteiger partial charge in [0, 0.05) is 18.9 Å². The maximum atomic E-state index is 12.0. The van der Waals surface area contributed by atoms with E-state index in [9.17, 15) is 18.4 Å². The largest absolute Gasteiger partial charge is 0.368 e. The predicted octanol–water partition coefficient (Wildman–Crippen LogP) is 0.879. The lowest BCUT2D eigenvalue weighted by atomic mass is 10.1. The van der Waals surface area contributed by atoms with Crippen LogP contribution in [0.4, 0.5) is 8.78 Å². The van der Waals surface area contributed by atoms with Crippen molar-refractivity contribution in [1.29, 1.82) is 0 Å². The molecule has 0 unspecified atom stereocenters. The molecule has 4 nitrogen and oxygen atoms in total. The Kier molecular flexibility index (Phi) is 3.98. The summed E-state index contributed by atoms with van der Waals surface area (Å²) in [6, 6.07) is -0.687. The quantitative estimate of drug-likeness (QED) is 0.782. The van der Waals surface area contributed by atoms with Crippen molar-refractivity contribution < 1.29 is 18.4 Å². The minimum atomic E-state index is -1.80.